The topological polar surface area (TPSA) is 134 Å². The van der Waals surface area contributed by atoms with E-state index in [0.717, 1.165) is 18.8 Å². The number of aryl methyl sites for hydroxylation is 1. The molecule has 0 aromatic carbocycles. The number of imidazole rings is 1. The highest BCUT2D eigenvalue weighted by Crippen LogP contribution is 2.52. The van der Waals surface area contributed by atoms with Crippen molar-refractivity contribution in [3.63, 3.8) is 0 Å². The number of hydrogen-bond acceptors (Lipinski definition) is 4. The van der Waals surface area contributed by atoms with E-state index in [-0.39, 0.29) is 35.4 Å². The number of carbonyl (C=O) groups is 3. The molecule has 4 N–H and O–H groups in total. The first kappa shape index (κ1) is 23.5. The minimum absolute atomic E-state index is 0.0571. The van der Waals surface area contributed by atoms with Crippen LogP contribution in [-0.2, 0) is 16.1 Å². The lowest BCUT2D eigenvalue weighted by Crippen LogP contribution is -2.58. The summed E-state index contributed by atoms with van der Waals surface area (Å²) in [6.45, 7) is 6.74. The Morgan fingerprint density at radius 3 is 2.40 bits per heavy atom. The van der Waals surface area contributed by atoms with Crippen molar-refractivity contribution < 1.29 is 37.8 Å². The van der Waals surface area contributed by atoms with Crippen LogP contribution in [0.4, 0.5) is 18.0 Å². The summed E-state index contributed by atoms with van der Waals surface area (Å²) >= 11 is 0. The second-order valence-corrected chi connectivity index (χ2v) is 8.08. The van der Waals surface area contributed by atoms with E-state index >= 15 is 0 Å². The average molecular weight is 434 g/mol. The van der Waals surface area contributed by atoms with Crippen LogP contribution < -0.4 is 10.6 Å². The minimum atomic E-state index is -5.08. The zero-order valence-electron chi connectivity index (χ0n) is 16.7. The number of aromatic nitrogens is 2. The van der Waals surface area contributed by atoms with Gasteiger partial charge in [0.25, 0.3) is 0 Å². The Balaban J connectivity index is 0.000000396. The van der Waals surface area contributed by atoms with Gasteiger partial charge in [0, 0.05) is 25.0 Å². The van der Waals surface area contributed by atoms with Gasteiger partial charge in [0.05, 0.1) is 12.0 Å². The molecule has 0 radical (unpaired) electrons. The molecule has 2 amide bonds. The molecule has 2 aliphatic rings. The number of nitrogens with zero attached hydrogens (tertiary/aromatic N) is 2. The normalized spacial score (nSPS) is 25.1. The van der Waals surface area contributed by atoms with Gasteiger partial charge in [-0.15, -0.1) is 0 Å². The Hall–Kier alpha value is -2.79. The predicted octanol–water partition coefficient (Wildman–Crippen LogP) is 2.40. The van der Waals surface area contributed by atoms with Gasteiger partial charge in [0.1, 0.15) is 5.82 Å². The molecule has 3 rings (SSSR count). The van der Waals surface area contributed by atoms with Crippen LogP contribution >= 0.6 is 0 Å². The van der Waals surface area contributed by atoms with Crippen LogP contribution in [0.5, 0.6) is 0 Å². The lowest BCUT2D eigenvalue weighted by molar-refractivity contribution is -0.192. The molecule has 0 bridgehead atoms. The third kappa shape index (κ3) is 5.03. The van der Waals surface area contributed by atoms with Crippen molar-refractivity contribution in [3.8, 4) is 0 Å². The fraction of sp³-hybridized carbons (Fsp3) is 0.667. The van der Waals surface area contributed by atoms with Crippen LogP contribution in [-0.4, -0.2) is 50.0 Å². The van der Waals surface area contributed by atoms with Gasteiger partial charge in [0.15, 0.2) is 0 Å². The van der Waals surface area contributed by atoms with Gasteiger partial charge < -0.3 is 25.4 Å². The maximum Gasteiger partial charge on any atom is 0.490 e. The molecular weight excluding hydrogens is 409 g/mol. The molecule has 0 saturated heterocycles. The van der Waals surface area contributed by atoms with Gasteiger partial charge in [-0.3, -0.25) is 4.79 Å². The van der Waals surface area contributed by atoms with Crippen LogP contribution in [0.25, 0.3) is 0 Å². The molecule has 1 aliphatic carbocycles. The van der Waals surface area contributed by atoms with Gasteiger partial charge >= 0.3 is 24.1 Å². The molecule has 12 heteroatoms. The summed E-state index contributed by atoms with van der Waals surface area (Å²) in [5.74, 6) is -2.78. The minimum Gasteiger partial charge on any atom is -0.481 e. The molecule has 1 aromatic rings. The Morgan fingerprint density at radius 2 is 1.90 bits per heavy atom. The van der Waals surface area contributed by atoms with Crippen molar-refractivity contribution >= 4 is 18.0 Å². The monoisotopic (exact) mass is 434 g/mol. The molecule has 168 valence electrons. The van der Waals surface area contributed by atoms with Crippen molar-refractivity contribution in [2.45, 2.75) is 58.4 Å². The number of carboxylic acids is 2. The van der Waals surface area contributed by atoms with Gasteiger partial charge in [-0.25, -0.2) is 14.6 Å². The molecule has 9 nitrogen and oxygen atoms in total. The van der Waals surface area contributed by atoms with Crippen molar-refractivity contribution in [2.75, 3.05) is 0 Å². The van der Waals surface area contributed by atoms with Crippen LogP contribution in [0.3, 0.4) is 0 Å². The molecule has 1 aromatic heterocycles. The number of carbonyl (C=O) groups excluding carboxylic acids is 1. The zero-order chi connectivity index (χ0) is 22.9. The van der Waals surface area contributed by atoms with Crippen LogP contribution in [0.2, 0.25) is 0 Å². The van der Waals surface area contributed by atoms with E-state index in [0.29, 0.717) is 6.42 Å². The Bertz CT molecular complexity index is 808. The van der Waals surface area contributed by atoms with E-state index in [1.54, 1.807) is 6.20 Å². The molecule has 4 atom stereocenters. The number of hydrogen-bond donors (Lipinski definition) is 4. The third-order valence-electron chi connectivity index (χ3n) is 5.87. The first-order chi connectivity index (χ1) is 13.7. The SMILES string of the molecule is CC(NC(=O)NC1CCn2ccnc21)[C@@H]1C[C@H](C(=O)O)C1(C)C.O=C(O)C(F)(F)F. The molecule has 1 saturated carbocycles. The van der Waals surface area contributed by atoms with Crippen molar-refractivity contribution in [1.82, 2.24) is 20.2 Å². The van der Waals surface area contributed by atoms with E-state index < -0.39 is 18.1 Å². The Kier molecular flexibility index (Phi) is 6.67. The molecule has 1 fully saturated rings. The number of nitrogens with one attached hydrogen (secondary N) is 2. The second kappa shape index (κ2) is 8.52. The standard InChI is InChI=1S/C16H24N4O3.C2HF3O2/c1-9(10-8-11(14(21)22)16(10,2)3)18-15(23)19-12-4-6-20-7-5-17-13(12)20;3-2(4,5)1(6)7/h5,7,9-12H,4,6,8H2,1-3H3,(H,21,22)(H2,18,19,23);(H,6,7)/t9?,10-,11+,12?;/m0./s1. The maximum absolute atomic E-state index is 12.2. The highest BCUT2D eigenvalue weighted by Gasteiger charge is 2.54. The van der Waals surface area contributed by atoms with Gasteiger partial charge in [-0.05, 0) is 31.1 Å². The van der Waals surface area contributed by atoms with E-state index in [4.69, 9.17) is 9.90 Å². The molecular formula is C18H25F3N4O5. The lowest BCUT2D eigenvalue weighted by Gasteiger charge is -2.52. The second-order valence-electron chi connectivity index (χ2n) is 8.08. The van der Waals surface area contributed by atoms with E-state index in [1.165, 1.54) is 0 Å². The molecule has 0 spiro atoms. The number of amides is 2. The number of halogens is 3. The number of fused-ring (bicyclic) bond motifs is 1. The highest BCUT2D eigenvalue weighted by molar-refractivity contribution is 5.75. The summed E-state index contributed by atoms with van der Waals surface area (Å²) in [7, 11) is 0. The van der Waals surface area contributed by atoms with Crippen molar-refractivity contribution in [3.05, 3.63) is 18.2 Å². The van der Waals surface area contributed by atoms with Crippen molar-refractivity contribution in [1.29, 1.82) is 0 Å². The number of aliphatic carboxylic acids is 2. The van der Waals surface area contributed by atoms with Gasteiger partial charge in [0.2, 0.25) is 0 Å². The molecule has 2 heterocycles. The largest absolute Gasteiger partial charge is 0.490 e. The van der Waals surface area contributed by atoms with Crippen molar-refractivity contribution in [2.24, 2.45) is 17.3 Å². The van der Waals surface area contributed by atoms with Crippen LogP contribution in [0.1, 0.15) is 45.5 Å². The maximum atomic E-state index is 12.2. The number of alkyl halides is 3. The van der Waals surface area contributed by atoms with E-state index in [9.17, 15) is 27.9 Å². The van der Waals surface area contributed by atoms with Gasteiger partial charge in [-0.2, -0.15) is 13.2 Å². The van der Waals surface area contributed by atoms with E-state index in [1.807, 2.05) is 31.5 Å². The first-order valence-electron chi connectivity index (χ1n) is 9.36. The molecule has 2 unspecified atom stereocenters. The summed E-state index contributed by atoms with van der Waals surface area (Å²) in [5.41, 5.74) is -0.303. The molecule has 1 aliphatic heterocycles. The van der Waals surface area contributed by atoms with Crippen LogP contribution in [0.15, 0.2) is 12.4 Å². The van der Waals surface area contributed by atoms with Crippen LogP contribution in [0, 0.1) is 17.3 Å². The lowest BCUT2D eigenvalue weighted by atomic mass is 9.53. The Morgan fingerprint density at radius 1 is 1.30 bits per heavy atom. The smallest absolute Gasteiger partial charge is 0.481 e. The summed E-state index contributed by atoms with van der Waals surface area (Å²) < 4.78 is 33.8. The van der Waals surface area contributed by atoms with E-state index in [2.05, 4.69) is 15.6 Å². The zero-order valence-corrected chi connectivity index (χ0v) is 16.7. The number of carboxylic acid groups (broad SMARTS) is 2. The third-order valence-corrected chi connectivity index (χ3v) is 5.87. The molecule has 30 heavy (non-hydrogen) atoms. The van der Waals surface area contributed by atoms with Gasteiger partial charge in [-0.1, -0.05) is 13.8 Å². The quantitative estimate of drug-likeness (QED) is 0.575. The summed E-state index contributed by atoms with van der Waals surface area (Å²) in [5, 5.41) is 22.3. The predicted molar refractivity (Wildman–Crippen MR) is 97.4 cm³/mol. The number of urea groups is 1. The summed E-state index contributed by atoms with van der Waals surface area (Å²) in [4.78, 5) is 36.6. The summed E-state index contributed by atoms with van der Waals surface area (Å²) in [6, 6.07) is -0.339. The Labute approximate surface area is 170 Å². The fourth-order valence-electron chi connectivity index (χ4n) is 4.09. The highest BCUT2D eigenvalue weighted by atomic mass is 19.4. The first-order valence-corrected chi connectivity index (χ1v) is 9.36. The fourth-order valence-corrected chi connectivity index (χ4v) is 4.09. The average Bonchev–Trinajstić information content (AvgIpc) is 3.18. The summed E-state index contributed by atoms with van der Waals surface area (Å²) in [6.07, 6.45) is 0.0334. The number of rotatable bonds is 4.